The van der Waals surface area contributed by atoms with Crippen molar-refractivity contribution in [2.75, 3.05) is 31.7 Å². The number of amides is 1. The first-order valence-electron chi connectivity index (χ1n) is 7.22. The van der Waals surface area contributed by atoms with Crippen molar-refractivity contribution in [1.82, 2.24) is 5.32 Å². The number of anilines is 1. The number of ether oxygens (including phenoxy) is 2. The third-order valence-corrected chi connectivity index (χ3v) is 3.34. The second-order valence-corrected chi connectivity index (χ2v) is 5.40. The van der Waals surface area contributed by atoms with Crippen molar-refractivity contribution in [3.8, 4) is 5.75 Å². The van der Waals surface area contributed by atoms with Gasteiger partial charge in [0, 0.05) is 24.0 Å². The van der Waals surface area contributed by atoms with Crippen LogP contribution in [0.3, 0.4) is 0 Å². The highest BCUT2D eigenvalue weighted by Gasteiger charge is 2.18. The number of hydrogen-bond acceptors (Lipinski definition) is 4. The quantitative estimate of drug-likeness (QED) is 0.829. The predicted molar refractivity (Wildman–Crippen MR) is 90.3 cm³/mol. The second-order valence-electron chi connectivity index (χ2n) is 4.97. The molecule has 0 saturated carbocycles. The van der Waals surface area contributed by atoms with Crippen LogP contribution >= 0.6 is 24.0 Å². The van der Waals surface area contributed by atoms with Crippen LogP contribution in [0.15, 0.2) is 18.2 Å². The molecule has 1 aromatic rings. The van der Waals surface area contributed by atoms with Gasteiger partial charge in [0.15, 0.2) is 0 Å². The highest BCUT2D eigenvalue weighted by atomic mass is 35.5. The molecule has 1 amide bonds. The average Bonchev–Trinajstić information content (AvgIpc) is 2.47. The van der Waals surface area contributed by atoms with E-state index in [-0.39, 0.29) is 24.4 Å². The van der Waals surface area contributed by atoms with E-state index in [9.17, 15) is 4.79 Å². The molecule has 1 heterocycles. The summed E-state index contributed by atoms with van der Waals surface area (Å²) in [6.45, 7) is 4.66. The van der Waals surface area contributed by atoms with E-state index in [4.69, 9.17) is 21.1 Å². The molecule has 1 aromatic carbocycles. The van der Waals surface area contributed by atoms with Gasteiger partial charge in [0.25, 0.3) is 0 Å². The Kier molecular flexibility index (Phi) is 8.56. The van der Waals surface area contributed by atoms with E-state index in [0.29, 0.717) is 42.7 Å². The van der Waals surface area contributed by atoms with Gasteiger partial charge in [-0.15, -0.1) is 12.4 Å². The van der Waals surface area contributed by atoms with Gasteiger partial charge in [0.2, 0.25) is 5.91 Å². The zero-order valence-electron chi connectivity index (χ0n) is 12.6. The molecule has 0 aliphatic carbocycles. The number of carbonyl (C=O) groups is 1. The monoisotopic (exact) mass is 348 g/mol. The Morgan fingerprint density at radius 2 is 2.36 bits per heavy atom. The van der Waals surface area contributed by atoms with Crippen molar-refractivity contribution in [1.29, 1.82) is 0 Å². The van der Waals surface area contributed by atoms with Crippen molar-refractivity contribution in [2.24, 2.45) is 0 Å². The molecule has 2 rings (SSSR count). The van der Waals surface area contributed by atoms with Crippen LogP contribution in [0, 0.1) is 0 Å². The molecule has 1 atom stereocenters. The molecule has 124 valence electrons. The molecule has 0 bridgehead atoms. The van der Waals surface area contributed by atoms with E-state index in [1.807, 2.05) is 6.92 Å². The molecule has 5 nitrogen and oxygen atoms in total. The van der Waals surface area contributed by atoms with Crippen molar-refractivity contribution in [3.63, 3.8) is 0 Å². The molecule has 2 N–H and O–H groups in total. The number of halogens is 2. The third-order valence-electron chi connectivity index (χ3n) is 3.11. The first-order chi connectivity index (χ1) is 10.2. The summed E-state index contributed by atoms with van der Waals surface area (Å²) in [6.07, 6.45) is 1.26. The minimum absolute atomic E-state index is 0. The number of hydrogen-bond donors (Lipinski definition) is 2. The van der Waals surface area contributed by atoms with Gasteiger partial charge in [-0.25, -0.2) is 0 Å². The van der Waals surface area contributed by atoms with E-state index in [2.05, 4.69) is 10.6 Å². The summed E-state index contributed by atoms with van der Waals surface area (Å²) >= 11 is 5.99. The van der Waals surface area contributed by atoms with Crippen molar-refractivity contribution < 1.29 is 14.3 Å². The van der Waals surface area contributed by atoms with Crippen molar-refractivity contribution in [3.05, 3.63) is 23.2 Å². The summed E-state index contributed by atoms with van der Waals surface area (Å²) in [5.74, 6) is 0.559. The van der Waals surface area contributed by atoms with Crippen LogP contribution in [-0.2, 0) is 9.53 Å². The maximum Gasteiger partial charge on any atom is 0.226 e. The molecular weight excluding hydrogens is 327 g/mol. The second kappa shape index (κ2) is 9.90. The van der Waals surface area contributed by atoms with Crippen LogP contribution in [0.1, 0.15) is 19.8 Å². The fraction of sp³-hybridized carbons (Fsp3) is 0.533. The fourth-order valence-electron chi connectivity index (χ4n) is 2.11. The molecule has 1 aliphatic heterocycles. The van der Waals surface area contributed by atoms with Crippen LogP contribution in [0.25, 0.3) is 0 Å². The number of carbonyl (C=O) groups excluding carboxylic acids is 1. The summed E-state index contributed by atoms with van der Waals surface area (Å²) in [5.41, 5.74) is 0.609. The van der Waals surface area contributed by atoms with Crippen LogP contribution in [0.4, 0.5) is 5.69 Å². The van der Waals surface area contributed by atoms with E-state index in [0.717, 1.165) is 13.0 Å². The molecule has 0 radical (unpaired) electrons. The zero-order chi connectivity index (χ0) is 15.1. The van der Waals surface area contributed by atoms with Gasteiger partial charge in [-0.05, 0) is 24.6 Å². The third kappa shape index (κ3) is 6.01. The first kappa shape index (κ1) is 19.0. The first-order valence-corrected chi connectivity index (χ1v) is 7.60. The molecular formula is C15H22Cl2N2O3. The molecule has 1 fully saturated rings. The molecule has 1 aliphatic rings. The lowest BCUT2D eigenvalue weighted by Gasteiger charge is -2.23. The molecule has 1 unspecified atom stereocenters. The lowest BCUT2D eigenvalue weighted by Crippen LogP contribution is -2.43. The molecule has 0 aromatic heterocycles. The maximum atomic E-state index is 12.1. The molecule has 22 heavy (non-hydrogen) atoms. The standard InChI is InChI=1S/C15H21ClN2O3.ClH/c1-2-6-21-14-4-3-11(16)8-13(14)18-15(19)9-12-10-20-7-5-17-12;/h3-4,8,12,17H,2,5-7,9-10H2,1H3,(H,18,19);1H. The van der Waals surface area contributed by atoms with E-state index < -0.39 is 0 Å². The minimum atomic E-state index is -0.0818. The average molecular weight is 349 g/mol. The van der Waals surface area contributed by atoms with Crippen molar-refractivity contribution in [2.45, 2.75) is 25.8 Å². The van der Waals surface area contributed by atoms with E-state index in [1.54, 1.807) is 18.2 Å². The number of rotatable bonds is 6. The predicted octanol–water partition coefficient (Wildman–Crippen LogP) is 2.87. The van der Waals surface area contributed by atoms with Crippen LogP contribution in [0.2, 0.25) is 5.02 Å². The topological polar surface area (TPSA) is 59.6 Å². The largest absolute Gasteiger partial charge is 0.491 e. The molecule has 0 spiro atoms. The molecule has 7 heteroatoms. The van der Waals surface area contributed by atoms with Crippen LogP contribution in [-0.4, -0.2) is 38.3 Å². The Balaban J connectivity index is 0.00000242. The summed E-state index contributed by atoms with van der Waals surface area (Å²) in [6, 6.07) is 5.28. The van der Waals surface area contributed by atoms with Crippen LogP contribution < -0.4 is 15.4 Å². The summed E-state index contributed by atoms with van der Waals surface area (Å²) in [5, 5.41) is 6.68. The Morgan fingerprint density at radius 1 is 1.55 bits per heavy atom. The van der Waals surface area contributed by atoms with Gasteiger partial charge in [0.1, 0.15) is 5.75 Å². The zero-order valence-corrected chi connectivity index (χ0v) is 14.1. The number of nitrogens with one attached hydrogen (secondary N) is 2. The van der Waals surface area contributed by atoms with Crippen LogP contribution in [0.5, 0.6) is 5.75 Å². The summed E-state index contributed by atoms with van der Waals surface area (Å²) in [7, 11) is 0. The van der Waals surface area contributed by atoms with Gasteiger partial charge in [-0.3, -0.25) is 4.79 Å². The van der Waals surface area contributed by atoms with Gasteiger partial charge in [-0.1, -0.05) is 18.5 Å². The highest BCUT2D eigenvalue weighted by Crippen LogP contribution is 2.28. The maximum absolute atomic E-state index is 12.1. The minimum Gasteiger partial charge on any atom is -0.491 e. The fourth-order valence-corrected chi connectivity index (χ4v) is 2.29. The Hall–Kier alpha value is -1.01. The Morgan fingerprint density at radius 3 is 3.05 bits per heavy atom. The summed E-state index contributed by atoms with van der Waals surface area (Å²) in [4.78, 5) is 12.1. The lowest BCUT2D eigenvalue weighted by atomic mass is 10.2. The van der Waals surface area contributed by atoms with E-state index >= 15 is 0 Å². The number of morpholine rings is 1. The number of benzene rings is 1. The smallest absolute Gasteiger partial charge is 0.226 e. The lowest BCUT2D eigenvalue weighted by molar-refractivity contribution is -0.117. The Labute approximate surface area is 142 Å². The van der Waals surface area contributed by atoms with Gasteiger partial charge >= 0.3 is 0 Å². The normalized spacial score (nSPS) is 17.5. The van der Waals surface area contributed by atoms with Crippen molar-refractivity contribution >= 4 is 35.6 Å². The summed E-state index contributed by atoms with van der Waals surface area (Å²) < 4.78 is 11.0. The van der Waals surface area contributed by atoms with E-state index in [1.165, 1.54) is 0 Å². The van der Waals surface area contributed by atoms with Gasteiger partial charge in [-0.2, -0.15) is 0 Å². The Bertz CT molecular complexity index is 480. The van der Waals surface area contributed by atoms with Gasteiger partial charge < -0.3 is 20.1 Å². The highest BCUT2D eigenvalue weighted by molar-refractivity contribution is 6.31. The molecule has 1 saturated heterocycles. The SMILES string of the molecule is CCCOc1ccc(Cl)cc1NC(=O)CC1COCCN1.Cl. The van der Waals surface area contributed by atoms with Gasteiger partial charge in [0.05, 0.1) is 25.5 Å².